The van der Waals surface area contributed by atoms with E-state index in [1.807, 2.05) is 53.3 Å². The van der Waals surface area contributed by atoms with Gasteiger partial charge in [-0.2, -0.15) is 5.10 Å². The number of methoxy groups -OCH3 is 2. The number of nitrogens with zero attached hydrogens (tertiary/aromatic N) is 2. The lowest BCUT2D eigenvalue weighted by atomic mass is 10.1. The minimum absolute atomic E-state index is 0.211. The fourth-order valence-electron chi connectivity index (χ4n) is 3.15. The van der Waals surface area contributed by atoms with Crippen molar-refractivity contribution in [1.29, 1.82) is 0 Å². The van der Waals surface area contributed by atoms with Crippen LogP contribution in [0.3, 0.4) is 0 Å². The van der Waals surface area contributed by atoms with Gasteiger partial charge in [-0.25, -0.2) is 4.68 Å². The first-order valence-electron chi connectivity index (χ1n) is 7.39. The second kappa shape index (κ2) is 5.14. The molecule has 3 aromatic rings. The number of fused-ring (bicyclic) bond motifs is 3. The molecule has 2 aromatic carbocycles. The number of hydrogen-bond donors (Lipinski definition) is 1. The second-order valence-electron chi connectivity index (χ2n) is 5.47. The zero-order valence-electron chi connectivity index (χ0n) is 13.0. The lowest BCUT2D eigenvalue weighted by Crippen LogP contribution is -2.08. The molecule has 0 spiro atoms. The van der Waals surface area contributed by atoms with Crippen LogP contribution in [0.4, 0.5) is 0 Å². The van der Waals surface area contributed by atoms with E-state index in [0.717, 1.165) is 28.1 Å². The molecule has 1 aliphatic rings. The molecule has 4 rings (SSSR count). The van der Waals surface area contributed by atoms with E-state index in [4.69, 9.17) is 15.2 Å². The molecule has 1 atom stereocenters. The summed E-state index contributed by atoms with van der Waals surface area (Å²) in [5.74, 6) is 1.37. The van der Waals surface area contributed by atoms with Crippen LogP contribution >= 0.6 is 0 Å². The average molecular weight is 307 g/mol. The molecule has 116 valence electrons. The Hall–Kier alpha value is -2.79. The normalized spacial score (nSPS) is 15.2. The Morgan fingerprint density at radius 1 is 1.00 bits per heavy atom. The third-order valence-electron chi connectivity index (χ3n) is 4.28. The Morgan fingerprint density at radius 3 is 2.39 bits per heavy atom. The minimum Gasteiger partial charge on any atom is -0.493 e. The molecule has 23 heavy (non-hydrogen) atoms. The van der Waals surface area contributed by atoms with Crippen molar-refractivity contribution in [1.82, 2.24) is 9.78 Å². The van der Waals surface area contributed by atoms with E-state index in [2.05, 4.69) is 5.10 Å². The molecular formula is C18H17N3O2. The van der Waals surface area contributed by atoms with Crippen molar-refractivity contribution in [2.75, 3.05) is 14.2 Å². The quantitative estimate of drug-likeness (QED) is 0.808. The molecular weight excluding hydrogens is 290 g/mol. The molecule has 1 aromatic heterocycles. The molecule has 0 saturated heterocycles. The summed E-state index contributed by atoms with van der Waals surface area (Å²) in [6.45, 7) is 0. The monoisotopic (exact) mass is 307 g/mol. The summed E-state index contributed by atoms with van der Waals surface area (Å²) in [5.41, 5.74) is 11.5. The predicted molar refractivity (Wildman–Crippen MR) is 88.1 cm³/mol. The highest BCUT2D eigenvalue weighted by atomic mass is 16.5. The first kappa shape index (κ1) is 13.8. The Balaban J connectivity index is 1.96. The van der Waals surface area contributed by atoms with Crippen LogP contribution in [0.5, 0.6) is 11.5 Å². The summed E-state index contributed by atoms with van der Waals surface area (Å²) < 4.78 is 12.8. The van der Waals surface area contributed by atoms with Crippen molar-refractivity contribution < 1.29 is 9.47 Å². The maximum Gasteiger partial charge on any atom is 0.161 e. The molecule has 0 saturated carbocycles. The van der Waals surface area contributed by atoms with E-state index in [9.17, 15) is 0 Å². The van der Waals surface area contributed by atoms with Crippen LogP contribution in [-0.2, 0) is 0 Å². The van der Waals surface area contributed by atoms with Crippen LogP contribution in [0.15, 0.2) is 48.7 Å². The van der Waals surface area contributed by atoms with Crippen LogP contribution in [0, 0.1) is 0 Å². The third kappa shape index (κ3) is 1.94. The molecule has 0 bridgehead atoms. The SMILES string of the molecule is COc1cc2c(cc1OC)C(N)c1cnn(-c3ccccc3)c1-2. The van der Waals surface area contributed by atoms with Crippen LogP contribution in [0.1, 0.15) is 17.2 Å². The van der Waals surface area contributed by atoms with Crippen molar-refractivity contribution in [3.05, 3.63) is 59.8 Å². The molecule has 0 fully saturated rings. The number of benzene rings is 2. The van der Waals surface area contributed by atoms with E-state index < -0.39 is 0 Å². The largest absolute Gasteiger partial charge is 0.493 e. The van der Waals surface area contributed by atoms with Gasteiger partial charge in [0.25, 0.3) is 0 Å². The lowest BCUT2D eigenvalue weighted by molar-refractivity contribution is 0.354. The van der Waals surface area contributed by atoms with E-state index in [-0.39, 0.29) is 6.04 Å². The number of ether oxygens (including phenoxy) is 2. The highest BCUT2D eigenvalue weighted by molar-refractivity contribution is 5.79. The molecule has 5 heteroatoms. The van der Waals surface area contributed by atoms with Crippen molar-refractivity contribution in [3.63, 3.8) is 0 Å². The minimum atomic E-state index is -0.211. The first-order valence-corrected chi connectivity index (χ1v) is 7.39. The maximum absolute atomic E-state index is 6.41. The van der Waals surface area contributed by atoms with Gasteiger partial charge in [-0.1, -0.05) is 18.2 Å². The Morgan fingerprint density at radius 2 is 1.70 bits per heavy atom. The van der Waals surface area contributed by atoms with Gasteiger partial charge in [-0.05, 0) is 29.8 Å². The first-order chi connectivity index (χ1) is 11.2. The van der Waals surface area contributed by atoms with Crippen LogP contribution < -0.4 is 15.2 Å². The van der Waals surface area contributed by atoms with Crippen molar-refractivity contribution in [2.45, 2.75) is 6.04 Å². The third-order valence-corrected chi connectivity index (χ3v) is 4.28. The van der Waals surface area contributed by atoms with Gasteiger partial charge < -0.3 is 15.2 Å². The fraction of sp³-hybridized carbons (Fsp3) is 0.167. The topological polar surface area (TPSA) is 62.3 Å². The lowest BCUT2D eigenvalue weighted by Gasteiger charge is -2.13. The van der Waals surface area contributed by atoms with Crippen molar-refractivity contribution in [3.8, 4) is 28.4 Å². The standard InChI is InChI=1S/C18H17N3O2/c1-22-15-8-12-13(9-16(15)23-2)18-14(17(12)19)10-20-21(18)11-6-4-3-5-7-11/h3-10,17H,19H2,1-2H3. The summed E-state index contributed by atoms with van der Waals surface area (Å²) in [6.07, 6.45) is 1.84. The molecule has 0 amide bonds. The Labute approximate surface area is 134 Å². The van der Waals surface area contributed by atoms with Gasteiger partial charge >= 0.3 is 0 Å². The highest BCUT2D eigenvalue weighted by Gasteiger charge is 2.32. The van der Waals surface area contributed by atoms with E-state index in [1.54, 1.807) is 14.2 Å². The molecule has 0 radical (unpaired) electrons. The number of hydrogen-bond acceptors (Lipinski definition) is 4. The number of aromatic nitrogens is 2. The molecule has 2 N–H and O–H groups in total. The molecule has 1 unspecified atom stereocenters. The van der Waals surface area contributed by atoms with Crippen LogP contribution in [0.25, 0.3) is 16.9 Å². The highest BCUT2D eigenvalue weighted by Crippen LogP contribution is 2.47. The average Bonchev–Trinajstić information content (AvgIpc) is 3.15. The summed E-state index contributed by atoms with van der Waals surface area (Å²) in [5, 5.41) is 4.52. The van der Waals surface area contributed by atoms with E-state index in [0.29, 0.717) is 11.5 Å². The van der Waals surface area contributed by atoms with Crippen LogP contribution in [-0.4, -0.2) is 24.0 Å². The Bertz CT molecular complexity index is 871. The van der Waals surface area contributed by atoms with Gasteiger partial charge in [-0.15, -0.1) is 0 Å². The van der Waals surface area contributed by atoms with E-state index in [1.165, 1.54) is 0 Å². The van der Waals surface area contributed by atoms with Crippen molar-refractivity contribution in [2.24, 2.45) is 5.73 Å². The van der Waals surface area contributed by atoms with Gasteiger partial charge in [0.05, 0.1) is 37.8 Å². The molecule has 0 aliphatic heterocycles. The fourth-order valence-corrected chi connectivity index (χ4v) is 3.15. The molecule has 1 heterocycles. The zero-order valence-corrected chi connectivity index (χ0v) is 13.0. The van der Waals surface area contributed by atoms with Gasteiger partial charge in [0.15, 0.2) is 11.5 Å². The summed E-state index contributed by atoms with van der Waals surface area (Å²) in [4.78, 5) is 0. The smallest absolute Gasteiger partial charge is 0.161 e. The number of para-hydroxylation sites is 1. The summed E-state index contributed by atoms with van der Waals surface area (Å²) in [7, 11) is 3.26. The number of nitrogens with two attached hydrogens (primary N) is 1. The predicted octanol–water partition coefficient (Wildman–Crippen LogP) is 2.92. The van der Waals surface area contributed by atoms with Gasteiger partial charge in [0.1, 0.15) is 0 Å². The Kier molecular flexibility index (Phi) is 3.09. The summed E-state index contributed by atoms with van der Waals surface area (Å²) >= 11 is 0. The van der Waals surface area contributed by atoms with Crippen molar-refractivity contribution >= 4 is 0 Å². The second-order valence-corrected chi connectivity index (χ2v) is 5.47. The van der Waals surface area contributed by atoms with Gasteiger partial charge in [0.2, 0.25) is 0 Å². The molecule has 1 aliphatic carbocycles. The van der Waals surface area contributed by atoms with Gasteiger partial charge in [0, 0.05) is 11.1 Å². The van der Waals surface area contributed by atoms with E-state index >= 15 is 0 Å². The maximum atomic E-state index is 6.41. The molecule has 5 nitrogen and oxygen atoms in total. The summed E-state index contributed by atoms with van der Waals surface area (Å²) in [6, 6.07) is 13.7. The number of rotatable bonds is 3. The van der Waals surface area contributed by atoms with Gasteiger partial charge in [-0.3, -0.25) is 0 Å². The van der Waals surface area contributed by atoms with Crippen LogP contribution in [0.2, 0.25) is 0 Å². The zero-order chi connectivity index (χ0) is 16.0.